The van der Waals surface area contributed by atoms with Gasteiger partial charge in [0.2, 0.25) is 0 Å². The Kier molecular flexibility index (Phi) is 4.30. The minimum atomic E-state index is -1.03. The molecular formula is C14H13NO3S. The highest BCUT2D eigenvalue weighted by Gasteiger charge is 2.21. The number of benzene rings is 1. The number of nitrogens with one attached hydrogen (secondary N) is 1. The average Bonchev–Trinajstić information content (AvgIpc) is 2.93. The number of carboxylic acid groups (broad SMARTS) is 1. The highest BCUT2D eigenvalue weighted by atomic mass is 32.1. The first kappa shape index (κ1) is 13.3. The highest BCUT2D eigenvalue weighted by molar-refractivity contribution is 7.12. The predicted octanol–water partition coefficient (Wildman–Crippen LogP) is 2.17. The molecule has 0 saturated carbocycles. The second-order valence-corrected chi connectivity index (χ2v) is 4.98. The molecular weight excluding hydrogens is 262 g/mol. The van der Waals surface area contributed by atoms with Gasteiger partial charge in [-0.25, -0.2) is 4.79 Å². The number of aliphatic carboxylic acids is 1. The molecule has 2 rings (SSSR count). The number of amides is 1. The van der Waals surface area contributed by atoms with E-state index in [-0.39, 0.29) is 12.3 Å². The Balaban J connectivity index is 2.05. The molecule has 1 atom stereocenters. The van der Waals surface area contributed by atoms with Crippen molar-refractivity contribution >= 4 is 23.2 Å². The highest BCUT2D eigenvalue weighted by Crippen LogP contribution is 2.09. The van der Waals surface area contributed by atoms with Gasteiger partial charge in [-0.2, -0.15) is 0 Å². The second kappa shape index (κ2) is 6.15. The summed E-state index contributed by atoms with van der Waals surface area (Å²) in [6.45, 7) is 0. The number of carbonyl (C=O) groups is 2. The molecule has 1 heterocycles. The van der Waals surface area contributed by atoms with Crippen molar-refractivity contribution in [1.29, 1.82) is 0 Å². The Labute approximate surface area is 114 Å². The lowest BCUT2D eigenvalue weighted by Gasteiger charge is -2.13. The molecule has 0 spiro atoms. The van der Waals surface area contributed by atoms with E-state index in [2.05, 4.69) is 5.32 Å². The molecule has 0 fully saturated rings. The lowest BCUT2D eigenvalue weighted by atomic mass is 10.1. The van der Waals surface area contributed by atoms with E-state index in [1.165, 1.54) is 11.3 Å². The summed E-state index contributed by atoms with van der Waals surface area (Å²) in [4.78, 5) is 23.6. The fraction of sp³-hybridized carbons (Fsp3) is 0.143. The van der Waals surface area contributed by atoms with Gasteiger partial charge in [0.15, 0.2) is 0 Å². The minimum Gasteiger partial charge on any atom is -0.480 e. The fourth-order valence-corrected chi connectivity index (χ4v) is 2.31. The van der Waals surface area contributed by atoms with Crippen LogP contribution in [0, 0.1) is 0 Å². The van der Waals surface area contributed by atoms with Crippen molar-refractivity contribution in [2.24, 2.45) is 0 Å². The Morgan fingerprint density at radius 3 is 2.47 bits per heavy atom. The zero-order chi connectivity index (χ0) is 13.7. The molecule has 0 aliphatic rings. The molecule has 2 N–H and O–H groups in total. The quantitative estimate of drug-likeness (QED) is 0.879. The Hall–Kier alpha value is -2.14. The topological polar surface area (TPSA) is 66.4 Å². The summed E-state index contributed by atoms with van der Waals surface area (Å²) in [5.74, 6) is -1.38. The third kappa shape index (κ3) is 3.66. The number of carboxylic acids is 1. The smallest absolute Gasteiger partial charge is 0.326 e. The van der Waals surface area contributed by atoms with Gasteiger partial charge in [-0.05, 0) is 17.0 Å². The first-order chi connectivity index (χ1) is 9.16. The Morgan fingerprint density at radius 1 is 1.16 bits per heavy atom. The van der Waals surface area contributed by atoms with Gasteiger partial charge in [-0.15, -0.1) is 11.3 Å². The molecule has 1 aromatic carbocycles. The molecule has 19 heavy (non-hydrogen) atoms. The van der Waals surface area contributed by atoms with Crippen LogP contribution in [0.25, 0.3) is 0 Å². The van der Waals surface area contributed by atoms with E-state index in [1.54, 1.807) is 17.5 Å². The van der Waals surface area contributed by atoms with Crippen LogP contribution < -0.4 is 5.32 Å². The number of hydrogen-bond acceptors (Lipinski definition) is 3. The standard InChI is InChI=1S/C14H13NO3S/c16-13(12-7-4-8-19-12)15-11(14(17)18)9-10-5-2-1-3-6-10/h1-8,11H,9H2,(H,15,16)(H,17,18)/t11-/m1/s1. The van der Waals surface area contributed by atoms with Crippen molar-refractivity contribution in [3.05, 3.63) is 58.3 Å². The summed E-state index contributed by atoms with van der Waals surface area (Å²) in [6, 6.07) is 11.7. The molecule has 1 aromatic heterocycles. The molecule has 98 valence electrons. The Bertz CT molecular complexity index is 551. The van der Waals surface area contributed by atoms with E-state index in [9.17, 15) is 9.59 Å². The molecule has 2 aromatic rings. The number of rotatable bonds is 5. The summed E-state index contributed by atoms with van der Waals surface area (Å²) in [7, 11) is 0. The zero-order valence-corrected chi connectivity index (χ0v) is 10.9. The van der Waals surface area contributed by atoms with Crippen LogP contribution >= 0.6 is 11.3 Å². The Morgan fingerprint density at radius 2 is 1.89 bits per heavy atom. The van der Waals surface area contributed by atoms with Gasteiger partial charge in [0.05, 0.1) is 4.88 Å². The van der Waals surface area contributed by atoms with Gasteiger partial charge in [0.1, 0.15) is 6.04 Å². The molecule has 0 bridgehead atoms. The van der Waals surface area contributed by atoms with Crippen molar-refractivity contribution in [3.8, 4) is 0 Å². The molecule has 4 nitrogen and oxygen atoms in total. The van der Waals surface area contributed by atoms with Crippen molar-refractivity contribution < 1.29 is 14.7 Å². The van der Waals surface area contributed by atoms with Gasteiger partial charge < -0.3 is 10.4 Å². The lowest BCUT2D eigenvalue weighted by molar-refractivity contribution is -0.139. The minimum absolute atomic E-state index is 0.271. The summed E-state index contributed by atoms with van der Waals surface area (Å²) >= 11 is 1.29. The van der Waals surface area contributed by atoms with Crippen LogP contribution in [0.15, 0.2) is 47.8 Å². The van der Waals surface area contributed by atoms with Crippen LogP contribution in [0.5, 0.6) is 0 Å². The van der Waals surface area contributed by atoms with Crippen LogP contribution in [0.4, 0.5) is 0 Å². The average molecular weight is 275 g/mol. The van der Waals surface area contributed by atoms with Gasteiger partial charge in [-0.3, -0.25) is 4.79 Å². The first-order valence-electron chi connectivity index (χ1n) is 5.78. The summed E-state index contributed by atoms with van der Waals surface area (Å²) in [5, 5.41) is 13.5. The molecule has 0 saturated heterocycles. The second-order valence-electron chi connectivity index (χ2n) is 4.03. The van der Waals surface area contributed by atoms with E-state index in [1.807, 2.05) is 30.3 Å². The molecule has 5 heteroatoms. The van der Waals surface area contributed by atoms with E-state index in [0.717, 1.165) is 5.56 Å². The maximum Gasteiger partial charge on any atom is 0.326 e. The fourth-order valence-electron chi connectivity index (χ4n) is 1.69. The van der Waals surface area contributed by atoms with E-state index in [0.29, 0.717) is 4.88 Å². The summed E-state index contributed by atoms with van der Waals surface area (Å²) in [5.41, 5.74) is 0.876. The SMILES string of the molecule is O=C(N[C@H](Cc1ccccc1)C(=O)O)c1cccs1. The van der Waals surface area contributed by atoms with Crippen LogP contribution in [-0.4, -0.2) is 23.0 Å². The molecule has 0 unspecified atom stereocenters. The van der Waals surface area contributed by atoms with Crippen molar-refractivity contribution in [1.82, 2.24) is 5.32 Å². The van der Waals surface area contributed by atoms with Crippen molar-refractivity contribution in [3.63, 3.8) is 0 Å². The molecule has 0 radical (unpaired) electrons. The van der Waals surface area contributed by atoms with Crippen molar-refractivity contribution in [2.45, 2.75) is 12.5 Å². The molecule has 0 aliphatic carbocycles. The maximum absolute atomic E-state index is 11.8. The number of carbonyl (C=O) groups excluding carboxylic acids is 1. The third-order valence-electron chi connectivity index (χ3n) is 2.63. The largest absolute Gasteiger partial charge is 0.480 e. The monoisotopic (exact) mass is 275 g/mol. The van der Waals surface area contributed by atoms with E-state index < -0.39 is 12.0 Å². The van der Waals surface area contributed by atoms with Crippen LogP contribution in [0.1, 0.15) is 15.2 Å². The number of thiophene rings is 1. The van der Waals surface area contributed by atoms with Crippen LogP contribution in [0.3, 0.4) is 0 Å². The summed E-state index contributed by atoms with van der Waals surface area (Å²) in [6.07, 6.45) is 0.271. The molecule has 1 amide bonds. The normalized spacial score (nSPS) is 11.8. The van der Waals surface area contributed by atoms with Crippen molar-refractivity contribution in [2.75, 3.05) is 0 Å². The van der Waals surface area contributed by atoms with Gasteiger partial charge in [0, 0.05) is 6.42 Å². The lowest BCUT2D eigenvalue weighted by Crippen LogP contribution is -2.42. The maximum atomic E-state index is 11.8. The van der Waals surface area contributed by atoms with Gasteiger partial charge >= 0.3 is 5.97 Å². The third-order valence-corrected chi connectivity index (χ3v) is 3.50. The zero-order valence-electron chi connectivity index (χ0n) is 10.1. The van der Waals surface area contributed by atoms with Crippen LogP contribution in [-0.2, 0) is 11.2 Å². The van der Waals surface area contributed by atoms with Crippen LogP contribution in [0.2, 0.25) is 0 Å². The first-order valence-corrected chi connectivity index (χ1v) is 6.66. The molecule has 0 aliphatic heterocycles. The van der Waals surface area contributed by atoms with E-state index >= 15 is 0 Å². The van der Waals surface area contributed by atoms with E-state index in [4.69, 9.17) is 5.11 Å². The van der Waals surface area contributed by atoms with Gasteiger partial charge in [0.25, 0.3) is 5.91 Å². The predicted molar refractivity (Wildman–Crippen MR) is 73.4 cm³/mol. The number of hydrogen-bond donors (Lipinski definition) is 2. The summed E-state index contributed by atoms with van der Waals surface area (Å²) < 4.78 is 0. The van der Waals surface area contributed by atoms with Gasteiger partial charge in [-0.1, -0.05) is 36.4 Å².